The molecule has 1 fully saturated rings. The number of nitrogens with zero attached hydrogens (tertiary/aromatic N) is 2. The van der Waals surface area contributed by atoms with Crippen LogP contribution in [0.15, 0.2) is 53.4 Å². The molecule has 0 unspecified atom stereocenters. The fourth-order valence-electron chi connectivity index (χ4n) is 2.65. The molecule has 6 heteroatoms. The molecule has 0 aromatic heterocycles. The molecule has 2 aromatic rings. The Labute approximate surface area is 150 Å². The van der Waals surface area contributed by atoms with E-state index >= 15 is 0 Å². The summed E-state index contributed by atoms with van der Waals surface area (Å²) in [6.45, 7) is 3.01. The highest BCUT2D eigenvalue weighted by molar-refractivity contribution is 8.00. The van der Waals surface area contributed by atoms with Crippen molar-refractivity contribution in [3.8, 4) is 0 Å². The second-order valence-corrected chi connectivity index (χ2v) is 7.08. The number of rotatable bonds is 4. The highest BCUT2D eigenvalue weighted by atomic mass is 35.5. The molecule has 24 heavy (non-hydrogen) atoms. The van der Waals surface area contributed by atoms with E-state index in [0.29, 0.717) is 18.8 Å². The highest BCUT2D eigenvalue weighted by Gasteiger charge is 2.21. The molecule has 1 amide bonds. The number of hydrogen-bond donors (Lipinski definition) is 0. The molecule has 0 radical (unpaired) electrons. The molecule has 3 rings (SSSR count). The minimum atomic E-state index is -0.261. The predicted molar refractivity (Wildman–Crippen MR) is 97.4 cm³/mol. The fraction of sp³-hybridized carbons (Fsp3) is 0.278. The van der Waals surface area contributed by atoms with Crippen LogP contribution in [0.2, 0.25) is 5.02 Å². The normalized spacial score (nSPS) is 14.8. The van der Waals surface area contributed by atoms with Crippen molar-refractivity contribution >= 4 is 35.0 Å². The average Bonchev–Trinajstić information content (AvgIpc) is 2.61. The molecule has 1 aliphatic heterocycles. The molecule has 0 saturated carbocycles. The zero-order valence-electron chi connectivity index (χ0n) is 13.1. The molecule has 0 bridgehead atoms. The quantitative estimate of drug-likeness (QED) is 0.768. The van der Waals surface area contributed by atoms with Gasteiger partial charge in [0.15, 0.2) is 0 Å². The lowest BCUT2D eigenvalue weighted by atomic mass is 10.2. The monoisotopic (exact) mass is 364 g/mol. The minimum Gasteiger partial charge on any atom is -0.368 e. The number of amides is 1. The Morgan fingerprint density at radius 3 is 2.46 bits per heavy atom. The first kappa shape index (κ1) is 17.1. The zero-order chi connectivity index (χ0) is 16.9. The SMILES string of the molecule is O=C(CSc1ccc(F)cc1)N1CCN(c2cccc(Cl)c2)CC1. The molecule has 2 aromatic carbocycles. The number of piperazine rings is 1. The van der Waals surface area contributed by atoms with Crippen LogP contribution in [0.1, 0.15) is 0 Å². The lowest BCUT2D eigenvalue weighted by molar-refractivity contribution is -0.128. The summed E-state index contributed by atoms with van der Waals surface area (Å²) in [4.78, 5) is 17.4. The van der Waals surface area contributed by atoms with E-state index in [2.05, 4.69) is 4.90 Å². The van der Waals surface area contributed by atoms with E-state index in [1.165, 1.54) is 23.9 Å². The second kappa shape index (κ2) is 7.90. The van der Waals surface area contributed by atoms with Gasteiger partial charge < -0.3 is 9.80 Å². The van der Waals surface area contributed by atoms with Gasteiger partial charge in [-0.3, -0.25) is 4.79 Å². The van der Waals surface area contributed by atoms with E-state index in [4.69, 9.17) is 11.6 Å². The molecule has 1 heterocycles. The molecule has 0 aliphatic carbocycles. The van der Waals surface area contributed by atoms with Crippen LogP contribution >= 0.6 is 23.4 Å². The third kappa shape index (κ3) is 4.42. The molecular formula is C18H18ClFN2OS. The van der Waals surface area contributed by atoms with Crippen LogP contribution in [0.4, 0.5) is 10.1 Å². The van der Waals surface area contributed by atoms with E-state index < -0.39 is 0 Å². The van der Waals surface area contributed by atoms with Gasteiger partial charge in [0.1, 0.15) is 5.82 Å². The van der Waals surface area contributed by atoms with Crippen molar-refractivity contribution in [2.45, 2.75) is 4.90 Å². The number of thioether (sulfide) groups is 1. The van der Waals surface area contributed by atoms with E-state index in [9.17, 15) is 9.18 Å². The Morgan fingerprint density at radius 2 is 1.79 bits per heavy atom. The lowest BCUT2D eigenvalue weighted by Crippen LogP contribution is -2.49. The first-order valence-electron chi connectivity index (χ1n) is 7.78. The number of carbonyl (C=O) groups excluding carboxylic acids is 1. The summed E-state index contributed by atoms with van der Waals surface area (Å²) in [5, 5.41) is 0.724. The van der Waals surface area contributed by atoms with Gasteiger partial charge in [0.25, 0.3) is 0 Å². The van der Waals surface area contributed by atoms with E-state index in [1.54, 1.807) is 12.1 Å². The molecule has 0 atom stereocenters. The van der Waals surface area contributed by atoms with Gasteiger partial charge in [-0.25, -0.2) is 4.39 Å². The third-order valence-corrected chi connectivity index (χ3v) is 5.21. The number of benzene rings is 2. The summed E-state index contributed by atoms with van der Waals surface area (Å²) < 4.78 is 12.9. The topological polar surface area (TPSA) is 23.6 Å². The smallest absolute Gasteiger partial charge is 0.233 e. The Kier molecular flexibility index (Phi) is 5.63. The number of carbonyl (C=O) groups is 1. The Bertz CT molecular complexity index is 702. The standard InChI is InChI=1S/C18H18ClFN2OS/c19-14-2-1-3-16(12-14)21-8-10-22(11-9-21)18(23)13-24-17-6-4-15(20)5-7-17/h1-7,12H,8-11,13H2. The van der Waals surface area contributed by atoms with E-state index in [1.807, 2.05) is 29.2 Å². The van der Waals surface area contributed by atoms with Gasteiger partial charge in [-0.05, 0) is 42.5 Å². The maximum atomic E-state index is 12.9. The molecule has 0 N–H and O–H groups in total. The molecule has 1 saturated heterocycles. The van der Waals surface area contributed by atoms with Gasteiger partial charge in [-0.15, -0.1) is 11.8 Å². The minimum absolute atomic E-state index is 0.120. The van der Waals surface area contributed by atoms with Crippen molar-refractivity contribution in [2.24, 2.45) is 0 Å². The van der Waals surface area contributed by atoms with Gasteiger partial charge in [0.05, 0.1) is 5.75 Å². The average molecular weight is 365 g/mol. The first-order valence-corrected chi connectivity index (χ1v) is 9.15. The number of hydrogen-bond acceptors (Lipinski definition) is 3. The van der Waals surface area contributed by atoms with E-state index in [0.717, 1.165) is 28.7 Å². The van der Waals surface area contributed by atoms with Crippen molar-refractivity contribution < 1.29 is 9.18 Å². The highest BCUT2D eigenvalue weighted by Crippen LogP contribution is 2.22. The Morgan fingerprint density at radius 1 is 1.08 bits per heavy atom. The fourth-order valence-corrected chi connectivity index (χ4v) is 3.64. The predicted octanol–water partition coefficient (Wildman–Crippen LogP) is 3.92. The Balaban J connectivity index is 1.49. The largest absolute Gasteiger partial charge is 0.368 e. The van der Waals surface area contributed by atoms with Crippen molar-refractivity contribution in [1.29, 1.82) is 0 Å². The van der Waals surface area contributed by atoms with Crippen molar-refractivity contribution in [3.05, 3.63) is 59.4 Å². The van der Waals surface area contributed by atoms with Crippen LogP contribution in [-0.4, -0.2) is 42.7 Å². The van der Waals surface area contributed by atoms with Gasteiger partial charge in [-0.2, -0.15) is 0 Å². The van der Waals surface area contributed by atoms with Gasteiger partial charge in [0.2, 0.25) is 5.91 Å². The molecule has 3 nitrogen and oxygen atoms in total. The van der Waals surface area contributed by atoms with Crippen LogP contribution in [-0.2, 0) is 4.79 Å². The summed E-state index contributed by atoms with van der Waals surface area (Å²) in [6, 6.07) is 14.0. The van der Waals surface area contributed by atoms with Crippen molar-refractivity contribution in [1.82, 2.24) is 4.90 Å². The first-order chi connectivity index (χ1) is 11.6. The van der Waals surface area contributed by atoms with Crippen molar-refractivity contribution in [2.75, 3.05) is 36.8 Å². The molecule has 1 aliphatic rings. The van der Waals surface area contributed by atoms with Gasteiger partial charge in [-0.1, -0.05) is 17.7 Å². The maximum absolute atomic E-state index is 12.9. The zero-order valence-corrected chi connectivity index (χ0v) is 14.7. The van der Waals surface area contributed by atoms with Crippen LogP contribution < -0.4 is 4.90 Å². The van der Waals surface area contributed by atoms with Crippen LogP contribution in [0.5, 0.6) is 0 Å². The number of anilines is 1. The maximum Gasteiger partial charge on any atom is 0.233 e. The molecule has 0 spiro atoms. The molecular weight excluding hydrogens is 347 g/mol. The summed E-state index contributed by atoms with van der Waals surface area (Å²) in [7, 11) is 0. The lowest BCUT2D eigenvalue weighted by Gasteiger charge is -2.36. The number of halogens is 2. The van der Waals surface area contributed by atoms with Crippen LogP contribution in [0, 0.1) is 5.82 Å². The van der Waals surface area contributed by atoms with E-state index in [-0.39, 0.29) is 11.7 Å². The van der Waals surface area contributed by atoms with Crippen LogP contribution in [0.25, 0.3) is 0 Å². The summed E-state index contributed by atoms with van der Waals surface area (Å²) in [5.74, 6) is 0.237. The Hall–Kier alpha value is -1.72. The van der Waals surface area contributed by atoms with Gasteiger partial charge >= 0.3 is 0 Å². The summed E-state index contributed by atoms with van der Waals surface area (Å²) in [6.07, 6.45) is 0. The van der Waals surface area contributed by atoms with Crippen molar-refractivity contribution in [3.63, 3.8) is 0 Å². The third-order valence-electron chi connectivity index (χ3n) is 3.98. The summed E-state index contributed by atoms with van der Waals surface area (Å²) in [5.41, 5.74) is 1.09. The molecule has 126 valence electrons. The van der Waals surface area contributed by atoms with Gasteiger partial charge in [0, 0.05) is 41.8 Å². The summed E-state index contributed by atoms with van der Waals surface area (Å²) >= 11 is 7.48. The second-order valence-electron chi connectivity index (χ2n) is 5.59. The van der Waals surface area contributed by atoms with Crippen LogP contribution in [0.3, 0.4) is 0 Å².